The van der Waals surface area contributed by atoms with E-state index in [1.807, 2.05) is 6.07 Å². The van der Waals surface area contributed by atoms with Gasteiger partial charge in [0.2, 0.25) is 5.60 Å². The number of cyclic esters (lactones) is 1. The van der Waals surface area contributed by atoms with E-state index in [4.69, 9.17) is 9.47 Å². The number of fused-ring (bicyclic) bond motifs is 5. The molecule has 4 aliphatic rings. The van der Waals surface area contributed by atoms with Gasteiger partial charge in [-0.3, -0.25) is 14.9 Å². The van der Waals surface area contributed by atoms with Crippen LogP contribution in [0.5, 0.6) is 0 Å². The number of carbonyl (C=O) groups is 2. The number of nitrogens with one attached hydrogen (secondary N) is 1. The van der Waals surface area contributed by atoms with Crippen molar-refractivity contribution in [1.29, 1.82) is 0 Å². The van der Waals surface area contributed by atoms with Crippen molar-refractivity contribution in [1.82, 2.24) is 9.88 Å². The fourth-order valence-corrected chi connectivity index (χ4v) is 4.88. The van der Waals surface area contributed by atoms with Gasteiger partial charge in [-0.15, -0.1) is 0 Å². The van der Waals surface area contributed by atoms with Crippen molar-refractivity contribution in [3.8, 4) is 0 Å². The van der Waals surface area contributed by atoms with Crippen LogP contribution in [0.1, 0.15) is 49.6 Å². The highest BCUT2D eigenvalue weighted by molar-refractivity contribution is 5.86. The Bertz CT molecular complexity index is 1090. The Balaban J connectivity index is 1.68. The smallest absolute Gasteiger partial charge is 0.355 e. The first-order valence-corrected chi connectivity index (χ1v) is 9.91. The molecule has 1 N–H and O–H groups in total. The lowest BCUT2D eigenvalue weighted by Crippen LogP contribution is -2.47. The molecule has 3 atom stereocenters. The minimum absolute atomic E-state index is 0.105. The number of carbonyl (C=O) groups excluding carboxylic acids is 2. The van der Waals surface area contributed by atoms with Gasteiger partial charge in [-0.1, -0.05) is 31.2 Å². The molecule has 0 aromatic carbocycles. The van der Waals surface area contributed by atoms with Crippen LogP contribution in [-0.2, 0) is 37.8 Å². The van der Waals surface area contributed by atoms with Gasteiger partial charge in [-0.25, -0.2) is 4.79 Å². The van der Waals surface area contributed by atoms with Gasteiger partial charge in [0, 0.05) is 30.8 Å². The van der Waals surface area contributed by atoms with E-state index < -0.39 is 17.5 Å². The molecule has 2 unspecified atom stereocenters. The molecular weight excluding hydrogens is 372 g/mol. The summed E-state index contributed by atoms with van der Waals surface area (Å²) in [6.45, 7) is 3.39. The third-order valence-electron chi connectivity index (χ3n) is 6.29. The Hall–Kier alpha value is -2.93. The number of rotatable bonds is 2. The van der Waals surface area contributed by atoms with Crippen molar-refractivity contribution in [3.63, 3.8) is 0 Å². The van der Waals surface area contributed by atoms with E-state index in [2.05, 4.69) is 29.6 Å². The minimum Gasteiger partial charge on any atom is -0.457 e. The zero-order valence-corrected chi connectivity index (χ0v) is 16.4. The normalized spacial score (nSPS) is 29.0. The van der Waals surface area contributed by atoms with Crippen LogP contribution in [0, 0.1) is 0 Å². The van der Waals surface area contributed by atoms with Gasteiger partial charge < -0.3 is 14.0 Å². The van der Waals surface area contributed by atoms with Crippen LogP contribution < -0.4 is 10.9 Å². The average molecular weight is 394 g/mol. The number of hydrogen-bond acceptors (Lipinski definition) is 6. The summed E-state index contributed by atoms with van der Waals surface area (Å²) in [5.41, 5.74) is 2.20. The van der Waals surface area contributed by atoms with Crippen molar-refractivity contribution in [2.45, 2.75) is 57.5 Å². The highest BCUT2D eigenvalue weighted by Crippen LogP contribution is 2.42. The van der Waals surface area contributed by atoms with E-state index in [0.29, 0.717) is 17.7 Å². The first kappa shape index (κ1) is 18.1. The van der Waals surface area contributed by atoms with E-state index >= 15 is 0 Å². The molecule has 7 heteroatoms. The molecule has 0 saturated carbocycles. The largest absolute Gasteiger partial charge is 0.457 e. The topological polar surface area (TPSA) is 86.6 Å². The van der Waals surface area contributed by atoms with Crippen molar-refractivity contribution >= 4 is 11.9 Å². The number of hydrogen-bond donors (Lipinski definition) is 1. The third kappa shape index (κ3) is 2.50. The van der Waals surface area contributed by atoms with Gasteiger partial charge in [-0.2, -0.15) is 0 Å². The molecule has 0 radical (unpaired) electrons. The second kappa shape index (κ2) is 6.29. The fraction of sp³-hybridized carbons (Fsp3) is 0.409. The van der Waals surface area contributed by atoms with E-state index in [9.17, 15) is 14.4 Å². The van der Waals surface area contributed by atoms with E-state index in [-0.39, 0.29) is 30.7 Å². The lowest BCUT2D eigenvalue weighted by molar-refractivity contribution is -0.188. The Morgan fingerprint density at radius 1 is 1.41 bits per heavy atom. The van der Waals surface area contributed by atoms with Crippen LogP contribution in [0.4, 0.5) is 0 Å². The van der Waals surface area contributed by atoms with Crippen LogP contribution in [-0.4, -0.2) is 22.5 Å². The summed E-state index contributed by atoms with van der Waals surface area (Å²) in [5.74, 6) is -1.21. The summed E-state index contributed by atoms with van der Waals surface area (Å²) in [5, 5.41) is 3.63. The zero-order chi connectivity index (χ0) is 20.3. The maximum atomic E-state index is 13.3. The molecule has 0 saturated heterocycles. The number of allylic oxidation sites excluding steroid dienone is 2. The Labute approximate surface area is 167 Å². The molecule has 4 heterocycles. The molecule has 0 bridgehead atoms. The average Bonchev–Trinajstić information content (AvgIpc) is 3.06. The molecule has 150 valence electrons. The fourth-order valence-electron chi connectivity index (χ4n) is 4.88. The molecule has 0 amide bonds. The Kier molecular flexibility index (Phi) is 3.93. The van der Waals surface area contributed by atoms with Gasteiger partial charge in [0.15, 0.2) is 0 Å². The van der Waals surface area contributed by atoms with E-state index in [1.54, 1.807) is 11.5 Å². The van der Waals surface area contributed by atoms with Crippen molar-refractivity contribution < 1.29 is 19.1 Å². The zero-order valence-electron chi connectivity index (χ0n) is 16.4. The van der Waals surface area contributed by atoms with Gasteiger partial charge in [-0.05, 0) is 30.1 Å². The van der Waals surface area contributed by atoms with Crippen LogP contribution in [0.25, 0.3) is 0 Å². The highest BCUT2D eigenvalue weighted by Gasteiger charge is 2.50. The highest BCUT2D eigenvalue weighted by atomic mass is 16.6. The molecule has 1 aromatic rings. The van der Waals surface area contributed by atoms with Crippen LogP contribution in [0.2, 0.25) is 0 Å². The first-order chi connectivity index (χ1) is 13.9. The second-order valence-corrected chi connectivity index (χ2v) is 7.91. The lowest BCUT2D eigenvalue weighted by atomic mass is 9.84. The molecule has 3 aliphatic heterocycles. The number of nitrogens with zero attached hydrogens (tertiary/aromatic N) is 1. The molecule has 7 nitrogen and oxygen atoms in total. The van der Waals surface area contributed by atoms with E-state index in [0.717, 1.165) is 17.7 Å². The quantitative estimate of drug-likeness (QED) is 0.772. The van der Waals surface area contributed by atoms with Gasteiger partial charge in [0.1, 0.15) is 6.61 Å². The summed E-state index contributed by atoms with van der Waals surface area (Å²) in [7, 11) is 0. The number of aromatic nitrogens is 1. The summed E-state index contributed by atoms with van der Waals surface area (Å²) in [4.78, 5) is 37.8. The van der Waals surface area contributed by atoms with Crippen molar-refractivity contribution in [2.75, 3.05) is 0 Å². The third-order valence-corrected chi connectivity index (χ3v) is 6.29. The van der Waals surface area contributed by atoms with Gasteiger partial charge in [0.05, 0.1) is 11.6 Å². The molecule has 29 heavy (non-hydrogen) atoms. The molecule has 1 aliphatic carbocycles. The number of esters is 2. The summed E-state index contributed by atoms with van der Waals surface area (Å²) < 4.78 is 12.5. The summed E-state index contributed by atoms with van der Waals surface area (Å²) in [6.07, 6.45) is 9.52. The SMILES string of the molecule is CC[C@@]1(OC(C)=O)C(=O)OCc2c1cc1n(c2=O)CC2=CC3=CC=CCC3NC21. The van der Waals surface area contributed by atoms with Gasteiger partial charge >= 0.3 is 11.9 Å². The van der Waals surface area contributed by atoms with Crippen LogP contribution >= 0.6 is 0 Å². The van der Waals surface area contributed by atoms with Crippen LogP contribution in [0.3, 0.4) is 0 Å². The maximum Gasteiger partial charge on any atom is 0.355 e. The van der Waals surface area contributed by atoms with Gasteiger partial charge in [0.25, 0.3) is 5.56 Å². The Morgan fingerprint density at radius 2 is 2.24 bits per heavy atom. The summed E-state index contributed by atoms with van der Waals surface area (Å²) >= 11 is 0. The minimum atomic E-state index is -1.58. The molecular formula is C22H22N2O5. The monoisotopic (exact) mass is 394 g/mol. The predicted molar refractivity (Wildman–Crippen MR) is 104 cm³/mol. The van der Waals surface area contributed by atoms with Crippen molar-refractivity contribution in [3.05, 3.63) is 68.7 Å². The predicted octanol–water partition coefficient (Wildman–Crippen LogP) is 1.91. The molecule has 0 fully saturated rings. The number of ether oxygens (including phenoxy) is 2. The van der Waals surface area contributed by atoms with E-state index in [1.165, 1.54) is 12.5 Å². The first-order valence-electron chi connectivity index (χ1n) is 9.91. The van der Waals surface area contributed by atoms with Crippen molar-refractivity contribution in [2.24, 2.45) is 0 Å². The second-order valence-electron chi connectivity index (χ2n) is 7.91. The number of pyridine rings is 1. The maximum absolute atomic E-state index is 13.3. The standard InChI is InChI=1S/C22H22N2O5/c1-3-22(29-12(2)25)16-9-18-19-14(8-13-6-4-5-7-17(13)23-19)10-24(18)20(26)15(16)11-28-21(22)27/h4-6,8-9,17,19,23H,3,7,10-11H2,1-2H3/t17?,19?,22-/m0/s1. The van der Waals surface area contributed by atoms with Crippen LogP contribution in [0.15, 0.2) is 46.3 Å². The lowest BCUT2D eigenvalue weighted by Gasteiger charge is -2.36. The molecule has 5 rings (SSSR count). The molecule has 1 aromatic heterocycles. The Morgan fingerprint density at radius 3 is 3.00 bits per heavy atom. The molecule has 0 spiro atoms. The summed E-state index contributed by atoms with van der Waals surface area (Å²) in [6, 6.07) is 1.95.